The molecule has 0 spiro atoms. The summed E-state index contributed by atoms with van der Waals surface area (Å²) in [5.41, 5.74) is 1.53. The summed E-state index contributed by atoms with van der Waals surface area (Å²) >= 11 is 1.44. The zero-order chi connectivity index (χ0) is 17.2. The maximum atomic E-state index is 12.5. The van der Waals surface area contributed by atoms with Gasteiger partial charge >= 0.3 is 0 Å². The SMILES string of the molecule is Cn1c(CSc2nnnn2-c2ccccc2)nc2ccccc2c1=O. The van der Waals surface area contributed by atoms with Crippen molar-refractivity contribution in [3.63, 3.8) is 0 Å². The van der Waals surface area contributed by atoms with Gasteiger partial charge in [0.05, 0.1) is 22.3 Å². The van der Waals surface area contributed by atoms with Gasteiger partial charge in [0.15, 0.2) is 0 Å². The standard InChI is InChI=1S/C17H14N6OS/c1-22-15(18-14-10-6-5-9-13(14)16(22)24)11-25-17-19-20-21-23(17)12-7-3-2-4-8-12/h2-10H,11H2,1H3. The second-order valence-electron chi connectivity index (χ2n) is 5.41. The molecule has 25 heavy (non-hydrogen) atoms. The number of para-hydroxylation sites is 2. The van der Waals surface area contributed by atoms with Crippen molar-refractivity contribution in [2.75, 3.05) is 0 Å². The summed E-state index contributed by atoms with van der Waals surface area (Å²) in [5.74, 6) is 1.17. The predicted octanol–water partition coefficient (Wildman–Crippen LogP) is 2.20. The molecule has 2 aromatic heterocycles. The first-order valence-corrected chi connectivity index (χ1v) is 8.64. The van der Waals surface area contributed by atoms with E-state index >= 15 is 0 Å². The Hall–Kier alpha value is -3.00. The van der Waals surface area contributed by atoms with Crippen molar-refractivity contribution < 1.29 is 0 Å². The Labute approximate surface area is 147 Å². The molecule has 0 aliphatic carbocycles. The van der Waals surface area contributed by atoms with Crippen molar-refractivity contribution in [3.8, 4) is 5.69 Å². The minimum absolute atomic E-state index is 0.0520. The average molecular weight is 350 g/mol. The van der Waals surface area contributed by atoms with Gasteiger partial charge in [0.2, 0.25) is 5.16 Å². The highest BCUT2D eigenvalue weighted by Crippen LogP contribution is 2.21. The molecule has 0 bridgehead atoms. The molecule has 0 atom stereocenters. The molecule has 7 nitrogen and oxygen atoms in total. The third-order valence-corrected chi connectivity index (χ3v) is 4.76. The molecule has 0 amide bonds. The molecule has 2 heterocycles. The van der Waals surface area contributed by atoms with Gasteiger partial charge in [0.1, 0.15) is 5.82 Å². The van der Waals surface area contributed by atoms with Crippen LogP contribution in [0.4, 0.5) is 0 Å². The largest absolute Gasteiger partial charge is 0.299 e. The highest BCUT2D eigenvalue weighted by molar-refractivity contribution is 7.98. The predicted molar refractivity (Wildman–Crippen MR) is 95.7 cm³/mol. The fraction of sp³-hybridized carbons (Fsp3) is 0.118. The number of hydrogen-bond acceptors (Lipinski definition) is 6. The average Bonchev–Trinajstić information content (AvgIpc) is 3.13. The highest BCUT2D eigenvalue weighted by atomic mass is 32.2. The van der Waals surface area contributed by atoms with Gasteiger partial charge in [-0.05, 0) is 34.7 Å². The summed E-state index contributed by atoms with van der Waals surface area (Å²) in [6.45, 7) is 0. The van der Waals surface area contributed by atoms with Crippen LogP contribution in [0.25, 0.3) is 16.6 Å². The molecule has 0 saturated heterocycles. The molecular weight excluding hydrogens is 336 g/mol. The first kappa shape index (κ1) is 15.5. The van der Waals surface area contributed by atoms with Crippen LogP contribution in [0.5, 0.6) is 0 Å². The fourth-order valence-electron chi connectivity index (χ4n) is 2.52. The molecule has 0 N–H and O–H groups in total. The van der Waals surface area contributed by atoms with Crippen molar-refractivity contribution >= 4 is 22.7 Å². The van der Waals surface area contributed by atoms with Crippen LogP contribution in [0, 0.1) is 0 Å². The zero-order valence-corrected chi connectivity index (χ0v) is 14.2. The van der Waals surface area contributed by atoms with E-state index in [1.54, 1.807) is 22.4 Å². The molecule has 0 aliphatic heterocycles. The summed E-state index contributed by atoms with van der Waals surface area (Å²) in [4.78, 5) is 17.1. The minimum atomic E-state index is -0.0520. The van der Waals surface area contributed by atoms with Crippen LogP contribution in [0.2, 0.25) is 0 Å². The van der Waals surface area contributed by atoms with Crippen LogP contribution in [0.3, 0.4) is 0 Å². The maximum Gasteiger partial charge on any atom is 0.261 e. The van der Waals surface area contributed by atoms with Gasteiger partial charge in [-0.2, -0.15) is 4.68 Å². The molecule has 0 fully saturated rings. The third kappa shape index (κ3) is 2.91. The normalized spacial score (nSPS) is 11.1. The summed E-state index contributed by atoms with van der Waals surface area (Å²) in [5, 5.41) is 13.1. The van der Waals surface area contributed by atoms with Gasteiger partial charge in [0, 0.05) is 7.05 Å². The van der Waals surface area contributed by atoms with Crippen molar-refractivity contribution in [1.82, 2.24) is 29.8 Å². The van der Waals surface area contributed by atoms with E-state index in [9.17, 15) is 4.79 Å². The van der Waals surface area contributed by atoms with Crippen molar-refractivity contribution in [2.24, 2.45) is 7.05 Å². The van der Waals surface area contributed by atoms with Crippen molar-refractivity contribution in [2.45, 2.75) is 10.9 Å². The summed E-state index contributed by atoms with van der Waals surface area (Å²) in [6, 6.07) is 17.0. The number of fused-ring (bicyclic) bond motifs is 1. The lowest BCUT2D eigenvalue weighted by molar-refractivity contribution is 0.753. The Kier molecular flexibility index (Phi) is 4.02. The topological polar surface area (TPSA) is 78.5 Å². The molecular formula is C17H14N6OS. The number of tetrazole rings is 1. The lowest BCUT2D eigenvalue weighted by Gasteiger charge is -2.09. The molecule has 2 aromatic carbocycles. The molecule has 0 aliphatic rings. The smallest absolute Gasteiger partial charge is 0.261 e. The van der Waals surface area contributed by atoms with Crippen molar-refractivity contribution in [3.05, 3.63) is 70.8 Å². The molecule has 8 heteroatoms. The molecule has 0 radical (unpaired) electrons. The number of benzene rings is 2. The van der Waals surface area contributed by atoms with Crippen LogP contribution in [-0.4, -0.2) is 29.8 Å². The van der Waals surface area contributed by atoms with E-state index in [4.69, 9.17) is 0 Å². The fourth-order valence-corrected chi connectivity index (χ4v) is 3.40. The van der Waals surface area contributed by atoms with Crippen molar-refractivity contribution in [1.29, 1.82) is 0 Å². The second-order valence-corrected chi connectivity index (χ2v) is 6.35. The molecule has 0 saturated carbocycles. The van der Waals surface area contributed by atoms with Crippen LogP contribution in [-0.2, 0) is 12.8 Å². The van der Waals surface area contributed by atoms with Gasteiger partial charge in [-0.3, -0.25) is 9.36 Å². The first-order valence-electron chi connectivity index (χ1n) is 7.65. The van der Waals surface area contributed by atoms with Gasteiger partial charge in [-0.15, -0.1) is 5.10 Å². The van der Waals surface area contributed by atoms with E-state index in [2.05, 4.69) is 20.5 Å². The molecule has 4 rings (SSSR count). The van der Waals surface area contributed by atoms with E-state index in [0.717, 1.165) is 5.69 Å². The summed E-state index contributed by atoms with van der Waals surface area (Å²) < 4.78 is 3.25. The number of thioether (sulfide) groups is 1. The minimum Gasteiger partial charge on any atom is -0.299 e. The second kappa shape index (κ2) is 6.48. The number of nitrogens with zero attached hydrogens (tertiary/aromatic N) is 6. The van der Waals surface area contributed by atoms with Gasteiger partial charge in [-0.1, -0.05) is 42.1 Å². The van der Waals surface area contributed by atoms with Gasteiger partial charge in [0.25, 0.3) is 5.56 Å². The maximum absolute atomic E-state index is 12.5. The first-order chi connectivity index (χ1) is 12.2. The van der Waals surface area contributed by atoms with E-state index in [1.807, 2.05) is 48.5 Å². The lowest BCUT2D eigenvalue weighted by atomic mass is 10.2. The van der Waals surface area contributed by atoms with E-state index in [1.165, 1.54) is 11.8 Å². The van der Waals surface area contributed by atoms with Crippen LogP contribution < -0.4 is 5.56 Å². The Morgan fingerprint density at radius 3 is 2.64 bits per heavy atom. The zero-order valence-electron chi connectivity index (χ0n) is 13.4. The Morgan fingerprint density at radius 1 is 1.04 bits per heavy atom. The summed E-state index contributed by atoms with van der Waals surface area (Å²) in [7, 11) is 1.73. The monoisotopic (exact) mass is 350 g/mol. The van der Waals surface area contributed by atoms with Gasteiger partial charge < -0.3 is 0 Å². The quantitative estimate of drug-likeness (QED) is 0.525. The molecule has 0 unspecified atom stereocenters. The third-order valence-electron chi connectivity index (χ3n) is 3.85. The van der Waals surface area contributed by atoms with E-state index in [-0.39, 0.29) is 5.56 Å². The summed E-state index contributed by atoms with van der Waals surface area (Å²) in [6.07, 6.45) is 0. The number of hydrogen-bond donors (Lipinski definition) is 0. The number of rotatable bonds is 4. The van der Waals surface area contributed by atoms with Gasteiger partial charge in [-0.25, -0.2) is 4.98 Å². The lowest BCUT2D eigenvalue weighted by Crippen LogP contribution is -2.22. The van der Waals surface area contributed by atoms with E-state index in [0.29, 0.717) is 27.6 Å². The Balaban J connectivity index is 1.65. The highest BCUT2D eigenvalue weighted by Gasteiger charge is 2.12. The van der Waals surface area contributed by atoms with E-state index < -0.39 is 0 Å². The molecule has 4 aromatic rings. The molecule has 124 valence electrons. The van der Waals surface area contributed by atoms with Crippen LogP contribution in [0.15, 0.2) is 64.5 Å². The van der Waals surface area contributed by atoms with Crippen LogP contribution in [0.1, 0.15) is 5.82 Å². The Morgan fingerprint density at radius 2 is 1.80 bits per heavy atom. The number of aromatic nitrogens is 6. The Bertz CT molecular complexity index is 1090. The van der Waals surface area contributed by atoms with Crippen LogP contribution >= 0.6 is 11.8 Å².